The number of rotatable bonds is 4. The highest BCUT2D eigenvalue weighted by atomic mass is 19.1. The van der Waals surface area contributed by atoms with Gasteiger partial charge < -0.3 is 26.3 Å². The van der Waals surface area contributed by atoms with Gasteiger partial charge in [-0.15, -0.1) is 0 Å². The summed E-state index contributed by atoms with van der Waals surface area (Å²) in [7, 11) is 2.49. The average molecular weight is 442 g/mol. The van der Waals surface area contributed by atoms with Crippen LogP contribution in [0.15, 0.2) is 12.3 Å². The highest BCUT2D eigenvalue weighted by molar-refractivity contribution is 6.08. The van der Waals surface area contributed by atoms with Crippen molar-refractivity contribution in [1.82, 2.24) is 20.1 Å². The number of nitrogens with two attached hydrogens (primary N) is 2. The number of methoxy groups -OCH3 is 2. The van der Waals surface area contributed by atoms with E-state index in [2.05, 4.69) is 27.2 Å². The fraction of sp³-hybridized carbons (Fsp3) is 0.286. The molecule has 4 rings (SSSR count). The van der Waals surface area contributed by atoms with E-state index in [1.54, 1.807) is 4.68 Å². The third kappa shape index (κ3) is 3.44. The molecule has 0 spiro atoms. The number of hydrogen-bond donors (Lipinski definition) is 3. The first-order valence-electron chi connectivity index (χ1n) is 9.66. The molecule has 3 heterocycles. The van der Waals surface area contributed by atoms with Gasteiger partial charge in [0.2, 0.25) is 0 Å². The molecular weight excluding hydrogens is 422 g/mol. The number of pyridine rings is 1. The number of fused-ring (bicyclic) bond motifs is 1. The molecule has 1 atom stereocenters. The van der Waals surface area contributed by atoms with E-state index < -0.39 is 23.1 Å². The number of anilines is 1. The lowest BCUT2D eigenvalue weighted by Gasteiger charge is -2.12. The van der Waals surface area contributed by atoms with Crippen molar-refractivity contribution < 1.29 is 23.0 Å². The summed E-state index contributed by atoms with van der Waals surface area (Å²) in [6.07, 6.45) is 2.03. The van der Waals surface area contributed by atoms with Crippen LogP contribution >= 0.6 is 0 Å². The number of primary amides is 1. The van der Waals surface area contributed by atoms with E-state index in [0.29, 0.717) is 12.1 Å². The Morgan fingerprint density at radius 3 is 2.50 bits per heavy atom. The molecule has 0 bridgehead atoms. The second kappa shape index (κ2) is 8.32. The Morgan fingerprint density at radius 2 is 1.94 bits per heavy atom. The van der Waals surface area contributed by atoms with Gasteiger partial charge in [-0.25, -0.2) is 13.8 Å². The van der Waals surface area contributed by atoms with Gasteiger partial charge in [0.25, 0.3) is 5.91 Å². The molecule has 32 heavy (non-hydrogen) atoms. The molecule has 5 N–H and O–H groups in total. The molecule has 1 aromatic carbocycles. The van der Waals surface area contributed by atoms with Gasteiger partial charge in [-0.1, -0.05) is 5.92 Å². The van der Waals surface area contributed by atoms with Crippen LogP contribution in [-0.4, -0.2) is 48.0 Å². The Kier molecular flexibility index (Phi) is 5.54. The molecule has 0 saturated carbocycles. The Labute approximate surface area is 181 Å². The summed E-state index contributed by atoms with van der Waals surface area (Å²) in [5.41, 5.74) is 11.7. The van der Waals surface area contributed by atoms with E-state index in [0.717, 1.165) is 19.0 Å². The summed E-state index contributed by atoms with van der Waals surface area (Å²) in [4.78, 5) is 16.1. The zero-order valence-electron chi connectivity index (χ0n) is 17.3. The van der Waals surface area contributed by atoms with E-state index >= 15 is 0 Å². The molecule has 1 amide bonds. The van der Waals surface area contributed by atoms with E-state index in [-0.39, 0.29) is 40.0 Å². The number of aromatic nitrogens is 3. The summed E-state index contributed by atoms with van der Waals surface area (Å²) < 4.78 is 40.9. The van der Waals surface area contributed by atoms with Gasteiger partial charge in [-0.3, -0.25) is 9.48 Å². The van der Waals surface area contributed by atoms with Crippen LogP contribution in [-0.2, 0) is 0 Å². The van der Waals surface area contributed by atoms with Crippen molar-refractivity contribution in [2.24, 2.45) is 5.73 Å². The van der Waals surface area contributed by atoms with E-state index in [9.17, 15) is 13.6 Å². The van der Waals surface area contributed by atoms with Gasteiger partial charge in [0, 0.05) is 18.8 Å². The number of nitrogen functional groups attached to an aromatic ring is 1. The van der Waals surface area contributed by atoms with Crippen LogP contribution in [0.1, 0.15) is 34.1 Å². The van der Waals surface area contributed by atoms with Crippen molar-refractivity contribution in [1.29, 1.82) is 0 Å². The van der Waals surface area contributed by atoms with Gasteiger partial charge in [0.15, 0.2) is 23.1 Å². The number of halogens is 2. The molecule has 1 aliphatic rings. The van der Waals surface area contributed by atoms with Crippen molar-refractivity contribution in [3.8, 4) is 23.3 Å². The maximum atomic E-state index is 14.7. The van der Waals surface area contributed by atoms with Crippen LogP contribution in [0.3, 0.4) is 0 Å². The maximum absolute atomic E-state index is 14.7. The monoisotopic (exact) mass is 442 g/mol. The minimum absolute atomic E-state index is 0.0654. The Bertz CT molecular complexity index is 1260. The number of carbonyl (C=O) groups is 1. The molecule has 11 heteroatoms. The van der Waals surface area contributed by atoms with Crippen LogP contribution in [0, 0.1) is 23.5 Å². The molecule has 3 aromatic rings. The third-order valence-corrected chi connectivity index (χ3v) is 5.28. The van der Waals surface area contributed by atoms with Crippen LogP contribution < -0.4 is 26.3 Å². The fourth-order valence-corrected chi connectivity index (χ4v) is 3.69. The van der Waals surface area contributed by atoms with E-state index in [1.807, 2.05) is 0 Å². The molecule has 1 aliphatic heterocycles. The van der Waals surface area contributed by atoms with Gasteiger partial charge in [0.05, 0.1) is 36.7 Å². The average Bonchev–Trinajstić information content (AvgIpc) is 3.42. The number of nitrogens with zero attached hydrogens (tertiary/aromatic N) is 3. The topological polar surface area (TPSA) is 130 Å². The smallest absolute Gasteiger partial charge is 0.252 e. The normalized spacial score (nSPS) is 15.4. The van der Waals surface area contributed by atoms with Gasteiger partial charge in [0.1, 0.15) is 17.1 Å². The highest BCUT2D eigenvalue weighted by Gasteiger charge is 2.26. The van der Waals surface area contributed by atoms with Gasteiger partial charge in [-0.05, 0) is 18.9 Å². The first kappa shape index (κ1) is 21.3. The SMILES string of the molecule is COc1cc(OC)c(F)c(C#Cc2nn([C@H]3CCNC3)c3c(C(N)=O)cnc(N)c23)c1F. The molecule has 166 valence electrons. The van der Waals surface area contributed by atoms with E-state index in [1.165, 1.54) is 20.4 Å². The number of benzene rings is 1. The predicted molar refractivity (Wildman–Crippen MR) is 112 cm³/mol. The van der Waals surface area contributed by atoms with Gasteiger partial charge >= 0.3 is 0 Å². The molecular formula is C21H20F2N6O3. The summed E-state index contributed by atoms with van der Waals surface area (Å²) >= 11 is 0. The Balaban J connectivity index is 1.96. The lowest BCUT2D eigenvalue weighted by molar-refractivity contribution is 0.100. The summed E-state index contributed by atoms with van der Waals surface area (Å²) in [5, 5.41) is 8.01. The summed E-state index contributed by atoms with van der Waals surface area (Å²) in [5.74, 6) is 2.09. The molecule has 1 saturated heterocycles. The Hall–Kier alpha value is -3.91. The van der Waals surface area contributed by atoms with Crippen molar-refractivity contribution >= 4 is 22.6 Å². The van der Waals surface area contributed by atoms with Crippen molar-refractivity contribution in [3.05, 3.63) is 40.7 Å². The van der Waals surface area contributed by atoms with Gasteiger partial charge in [-0.2, -0.15) is 5.10 Å². The van der Waals surface area contributed by atoms with E-state index in [4.69, 9.17) is 20.9 Å². The standard InChI is InChI=1S/C21H20F2N6O3/c1-31-14-7-15(32-2)18(23)11(17(14)22)3-4-13-16-19(12(21(25)30)9-27-20(16)24)29(28-13)10-5-6-26-8-10/h7,9-10,26H,5-6,8H2,1-2H3,(H2,24,27)(H2,25,30)/t10-/m0/s1. The summed E-state index contributed by atoms with van der Waals surface area (Å²) in [6.45, 7) is 1.37. The molecule has 1 fully saturated rings. The number of ether oxygens (including phenoxy) is 2. The quantitative estimate of drug-likeness (QED) is 0.520. The van der Waals surface area contributed by atoms with Crippen LogP contribution in [0.5, 0.6) is 11.5 Å². The minimum atomic E-state index is -0.981. The molecule has 9 nitrogen and oxygen atoms in total. The second-order valence-electron chi connectivity index (χ2n) is 7.12. The van der Waals surface area contributed by atoms with Crippen LogP contribution in [0.2, 0.25) is 0 Å². The lowest BCUT2D eigenvalue weighted by atomic mass is 10.1. The Morgan fingerprint density at radius 1 is 1.25 bits per heavy atom. The first-order chi connectivity index (χ1) is 15.4. The number of hydrogen-bond acceptors (Lipinski definition) is 7. The highest BCUT2D eigenvalue weighted by Crippen LogP contribution is 2.32. The van der Waals surface area contributed by atoms with Crippen LogP contribution in [0.25, 0.3) is 10.9 Å². The maximum Gasteiger partial charge on any atom is 0.252 e. The first-order valence-corrected chi connectivity index (χ1v) is 9.66. The number of nitrogens with one attached hydrogen (secondary N) is 1. The van der Waals surface area contributed by atoms with Crippen molar-refractivity contribution in [3.63, 3.8) is 0 Å². The number of amides is 1. The fourth-order valence-electron chi connectivity index (χ4n) is 3.69. The molecule has 2 aromatic heterocycles. The largest absolute Gasteiger partial charge is 0.493 e. The van der Waals surface area contributed by atoms with Crippen molar-refractivity contribution in [2.45, 2.75) is 12.5 Å². The van der Waals surface area contributed by atoms with Crippen LogP contribution in [0.4, 0.5) is 14.6 Å². The summed E-state index contributed by atoms with van der Waals surface area (Å²) in [6, 6.07) is 1.01. The zero-order chi connectivity index (χ0) is 23.0. The predicted octanol–water partition coefficient (Wildman–Crippen LogP) is 1.34. The molecule has 0 unspecified atom stereocenters. The zero-order valence-corrected chi connectivity index (χ0v) is 17.3. The number of carbonyl (C=O) groups excluding carboxylic acids is 1. The third-order valence-electron chi connectivity index (χ3n) is 5.28. The second-order valence-corrected chi connectivity index (χ2v) is 7.12. The molecule has 0 radical (unpaired) electrons. The van der Waals surface area contributed by atoms with Crippen molar-refractivity contribution in [2.75, 3.05) is 33.0 Å². The molecule has 0 aliphatic carbocycles. The lowest BCUT2D eigenvalue weighted by Crippen LogP contribution is -2.18. The minimum Gasteiger partial charge on any atom is -0.493 e.